The molecule has 1 N–H and O–H groups in total. The van der Waals surface area contributed by atoms with Crippen LogP contribution in [0.25, 0.3) is 10.8 Å². The average molecular weight is 572 g/mol. The van der Waals surface area contributed by atoms with E-state index in [2.05, 4.69) is 46.4 Å². The highest BCUT2D eigenvalue weighted by molar-refractivity contribution is 6.08. The Balaban J connectivity index is 1.54. The van der Waals surface area contributed by atoms with E-state index in [1.807, 2.05) is 43.3 Å². The summed E-state index contributed by atoms with van der Waals surface area (Å²) in [7, 11) is 2.08. The van der Waals surface area contributed by atoms with Crippen molar-refractivity contribution in [3.05, 3.63) is 71.8 Å². The molecule has 1 saturated heterocycles. The van der Waals surface area contributed by atoms with Gasteiger partial charge in [-0.1, -0.05) is 48.5 Å². The van der Waals surface area contributed by atoms with Gasteiger partial charge in [-0.3, -0.25) is 14.5 Å². The smallest absolute Gasteiger partial charge is 0.408 e. The lowest BCUT2D eigenvalue weighted by Crippen LogP contribution is -2.55. The zero-order chi connectivity index (χ0) is 30.0. The number of hydrogen-bond acceptors (Lipinski definition) is 6. The number of anilines is 2. The fraction of sp³-hybridized carbons (Fsp3) is 0.424. The maximum absolute atomic E-state index is 14.4. The maximum atomic E-state index is 14.4. The molecule has 2 heterocycles. The quantitative estimate of drug-likeness (QED) is 0.495. The zero-order valence-corrected chi connectivity index (χ0v) is 25.2. The number of carbonyl (C=O) groups is 3. The Kier molecular flexibility index (Phi) is 8.52. The predicted molar refractivity (Wildman–Crippen MR) is 166 cm³/mol. The molecule has 3 amide bonds. The van der Waals surface area contributed by atoms with Crippen LogP contribution >= 0.6 is 0 Å². The number of benzene rings is 3. The van der Waals surface area contributed by atoms with Crippen molar-refractivity contribution in [3.63, 3.8) is 0 Å². The number of nitrogens with one attached hydrogen (secondary N) is 1. The number of likely N-dealkylation sites (N-methyl/N-ethyl adjacent to an activating group) is 1. The third-order valence-electron chi connectivity index (χ3n) is 7.93. The molecular weight excluding hydrogens is 530 g/mol. The summed E-state index contributed by atoms with van der Waals surface area (Å²) >= 11 is 0. The van der Waals surface area contributed by atoms with Crippen molar-refractivity contribution < 1.29 is 19.1 Å². The van der Waals surface area contributed by atoms with Gasteiger partial charge in [0, 0.05) is 26.2 Å². The molecule has 5 rings (SSSR count). The van der Waals surface area contributed by atoms with Crippen LogP contribution in [0.4, 0.5) is 16.2 Å². The second-order valence-electron chi connectivity index (χ2n) is 12.3. The lowest BCUT2D eigenvalue weighted by molar-refractivity contribution is -0.121. The number of ether oxygens (including phenoxy) is 1. The highest BCUT2D eigenvalue weighted by Crippen LogP contribution is 2.35. The van der Waals surface area contributed by atoms with Crippen LogP contribution in [0.3, 0.4) is 0 Å². The molecule has 222 valence electrons. The zero-order valence-electron chi connectivity index (χ0n) is 25.2. The topological polar surface area (TPSA) is 85.4 Å². The first-order chi connectivity index (χ1) is 20.0. The van der Waals surface area contributed by atoms with Gasteiger partial charge in [0.15, 0.2) is 0 Å². The largest absolute Gasteiger partial charge is 0.444 e. The van der Waals surface area contributed by atoms with Crippen LogP contribution in [0, 0.1) is 6.92 Å². The fourth-order valence-electron chi connectivity index (χ4n) is 5.64. The number of para-hydroxylation sites is 2. The SMILES string of the molecule is Cc1ccc2ccccc2c1CN1C(=O)[C@@H](NC(=O)OC(C)(C)C)CN(C(=O)CN2CCN(C)CC2)c2ccccc21. The van der Waals surface area contributed by atoms with Gasteiger partial charge in [-0.25, -0.2) is 4.79 Å². The van der Waals surface area contributed by atoms with Gasteiger partial charge in [0.2, 0.25) is 5.91 Å². The second kappa shape index (κ2) is 12.1. The number of nitrogens with zero attached hydrogens (tertiary/aromatic N) is 4. The summed E-state index contributed by atoms with van der Waals surface area (Å²) in [5.74, 6) is -0.408. The predicted octanol–water partition coefficient (Wildman–Crippen LogP) is 4.17. The molecule has 0 unspecified atom stereocenters. The van der Waals surface area contributed by atoms with Crippen molar-refractivity contribution in [1.29, 1.82) is 0 Å². The van der Waals surface area contributed by atoms with Crippen molar-refractivity contribution >= 4 is 40.1 Å². The third-order valence-corrected chi connectivity index (χ3v) is 7.93. The van der Waals surface area contributed by atoms with Gasteiger partial charge in [-0.05, 0) is 68.8 Å². The fourth-order valence-corrected chi connectivity index (χ4v) is 5.64. The Hall–Kier alpha value is -3.95. The van der Waals surface area contributed by atoms with Gasteiger partial charge in [-0.15, -0.1) is 0 Å². The van der Waals surface area contributed by atoms with E-state index in [4.69, 9.17) is 4.74 Å². The Morgan fingerprint density at radius 1 is 0.929 bits per heavy atom. The van der Waals surface area contributed by atoms with Gasteiger partial charge >= 0.3 is 6.09 Å². The summed E-state index contributed by atoms with van der Waals surface area (Å²) in [5, 5.41) is 4.94. The van der Waals surface area contributed by atoms with E-state index in [1.54, 1.807) is 30.6 Å². The first kappa shape index (κ1) is 29.5. The molecule has 1 atom stereocenters. The summed E-state index contributed by atoms with van der Waals surface area (Å²) in [5.41, 5.74) is 2.62. The van der Waals surface area contributed by atoms with Crippen LogP contribution < -0.4 is 15.1 Å². The third kappa shape index (κ3) is 6.58. The molecule has 42 heavy (non-hydrogen) atoms. The summed E-state index contributed by atoms with van der Waals surface area (Å²) in [6.45, 7) is 11.3. The van der Waals surface area contributed by atoms with Gasteiger partial charge in [-0.2, -0.15) is 0 Å². The van der Waals surface area contributed by atoms with Crippen molar-refractivity contribution in [2.75, 3.05) is 56.1 Å². The number of hydrogen-bond donors (Lipinski definition) is 1. The van der Waals surface area contributed by atoms with Crippen molar-refractivity contribution in [2.24, 2.45) is 0 Å². The van der Waals surface area contributed by atoms with Crippen molar-refractivity contribution in [3.8, 4) is 0 Å². The number of rotatable bonds is 5. The van der Waals surface area contributed by atoms with Crippen LogP contribution in [0.5, 0.6) is 0 Å². The Bertz CT molecular complexity index is 1470. The first-order valence-electron chi connectivity index (χ1n) is 14.6. The van der Waals surface area contributed by atoms with E-state index in [1.165, 1.54) is 0 Å². The molecule has 0 spiro atoms. The van der Waals surface area contributed by atoms with Crippen molar-refractivity contribution in [2.45, 2.75) is 45.9 Å². The summed E-state index contributed by atoms with van der Waals surface area (Å²) in [4.78, 5) is 49.0. The molecular formula is C33H41N5O4. The first-order valence-corrected chi connectivity index (χ1v) is 14.6. The molecule has 0 aromatic heterocycles. The van der Waals surface area contributed by atoms with Gasteiger partial charge < -0.3 is 24.8 Å². The van der Waals surface area contributed by atoms with Crippen LogP contribution in [-0.4, -0.2) is 85.7 Å². The molecule has 0 aliphatic carbocycles. The van der Waals surface area contributed by atoms with Gasteiger partial charge in [0.25, 0.3) is 5.91 Å². The van der Waals surface area contributed by atoms with Gasteiger partial charge in [0.1, 0.15) is 11.6 Å². The number of carbonyl (C=O) groups excluding carboxylic acids is 3. The van der Waals surface area contributed by atoms with E-state index in [0.717, 1.165) is 48.1 Å². The van der Waals surface area contributed by atoms with Crippen LogP contribution in [-0.2, 0) is 20.9 Å². The summed E-state index contributed by atoms with van der Waals surface area (Å²) in [6, 6.07) is 18.8. The molecule has 0 bridgehead atoms. The van der Waals surface area contributed by atoms with Crippen LogP contribution in [0.15, 0.2) is 60.7 Å². The minimum Gasteiger partial charge on any atom is -0.444 e. The molecule has 3 aromatic rings. The second-order valence-corrected chi connectivity index (χ2v) is 12.3. The number of amides is 3. The molecule has 1 fully saturated rings. The number of alkyl carbamates (subject to hydrolysis) is 1. The molecule has 2 aliphatic heterocycles. The molecule has 9 heteroatoms. The Morgan fingerprint density at radius 3 is 2.31 bits per heavy atom. The lowest BCUT2D eigenvalue weighted by atomic mass is 9.99. The van der Waals surface area contributed by atoms with E-state index < -0.39 is 17.7 Å². The molecule has 9 nitrogen and oxygen atoms in total. The summed E-state index contributed by atoms with van der Waals surface area (Å²) < 4.78 is 5.53. The van der Waals surface area contributed by atoms with E-state index in [-0.39, 0.29) is 31.4 Å². The van der Waals surface area contributed by atoms with Crippen LogP contribution in [0.2, 0.25) is 0 Å². The molecule has 0 saturated carbocycles. The highest BCUT2D eigenvalue weighted by atomic mass is 16.6. The standard InChI is InChI=1S/C33H41N5O4/c1-23-14-15-24-10-6-7-11-25(24)26(23)20-38-29-13-9-8-12-28(29)37(30(39)22-36-18-16-35(5)17-19-36)21-27(31(38)40)34-32(41)42-33(2,3)4/h6-15,27H,16-22H2,1-5H3,(H,34,41)/t27-/m0/s1. The Morgan fingerprint density at radius 2 is 1.60 bits per heavy atom. The number of fused-ring (bicyclic) bond motifs is 2. The molecule has 3 aromatic carbocycles. The van der Waals surface area contributed by atoms with Crippen LogP contribution in [0.1, 0.15) is 31.9 Å². The molecule has 0 radical (unpaired) electrons. The highest BCUT2D eigenvalue weighted by Gasteiger charge is 2.38. The van der Waals surface area contributed by atoms with E-state index in [0.29, 0.717) is 11.4 Å². The normalized spacial score (nSPS) is 18.5. The van der Waals surface area contributed by atoms with E-state index in [9.17, 15) is 14.4 Å². The summed E-state index contributed by atoms with van der Waals surface area (Å²) in [6.07, 6.45) is -0.695. The van der Waals surface area contributed by atoms with Gasteiger partial charge in [0.05, 0.1) is 31.0 Å². The Labute approximate surface area is 248 Å². The molecule has 2 aliphatic rings. The average Bonchev–Trinajstić information content (AvgIpc) is 3.05. The number of piperazine rings is 1. The maximum Gasteiger partial charge on any atom is 0.408 e. The monoisotopic (exact) mass is 571 g/mol. The van der Waals surface area contributed by atoms with Crippen molar-refractivity contribution in [1.82, 2.24) is 15.1 Å². The van der Waals surface area contributed by atoms with E-state index >= 15 is 0 Å². The minimum absolute atomic E-state index is 0.00663. The minimum atomic E-state index is -1.00. The number of aryl methyl sites for hydroxylation is 1. The lowest BCUT2D eigenvalue weighted by Gasteiger charge is -2.34.